The Hall–Kier alpha value is -0.0800. The first-order valence-corrected chi connectivity index (χ1v) is 7.19. The monoisotopic (exact) mass is 224 g/mol. The van der Waals surface area contributed by atoms with Gasteiger partial charge in [-0.3, -0.25) is 0 Å². The molecule has 0 aliphatic heterocycles. The summed E-state index contributed by atoms with van der Waals surface area (Å²) in [6, 6.07) is 0.839. The summed E-state index contributed by atoms with van der Waals surface area (Å²) in [6.07, 6.45) is 13.7. The standard InChI is InChI=1S/C14H28N2/c1-16(12-11-14(15)9-6-10-14)13-7-4-2-3-5-8-13/h13H,2-12,15H2,1H3. The zero-order valence-electron chi connectivity index (χ0n) is 10.9. The molecule has 0 aromatic carbocycles. The molecule has 2 saturated carbocycles. The quantitative estimate of drug-likeness (QED) is 0.744. The van der Waals surface area contributed by atoms with Crippen molar-refractivity contribution in [1.29, 1.82) is 0 Å². The lowest BCUT2D eigenvalue weighted by atomic mass is 9.75. The maximum absolute atomic E-state index is 6.28. The van der Waals surface area contributed by atoms with Crippen LogP contribution >= 0.6 is 0 Å². The summed E-state index contributed by atoms with van der Waals surface area (Å²) in [5.74, 6) is 0. The van der Waals surface area contributed by atoms with Gasteiger partial charge in [-0.15, -0.1) is 0 Å². The molecule has 0 amide bonds. The zero-order chi connectivity index (χ0) is 11.4. The Morgan fingerprint density at radius 2 is 1.69 bits per heavy atom. The van der Waals surface area contributed by atoms with Gasteiger partial charge in [0.2, 0.25) is 0 Å². The van der Waals surface area contributed by atoms with Crippen LogP contribution in [0.2, 0.25) is 0 Å². The second-order valence-electron chi connectivity index (χ2n) is 6.09. The van der Waals surface area contributed by atoms with Gasteiger partial charge in [-0.25, -0.2) is 0 Å². The summed E-state index contributed by atoms with van der Waals surface area (Å²) in [4.78, 5) is 2.58. The average molecular weight is 224 g/mol. The van der Waals surface area contributed by atoms with Gasteiger partial charge in [0.05, 0.1) is 0 Å². The highest BCUT2D eigenvalue weighted by molar-refractivity contribution is 4.93. The summed E-state index contributed by atoms with van der Waals surface area (Å²) in [5, 5.41) is 0. The SMILES string of the molecule is CN(CCC1(N)CCC1)C1CCCCCC1. The van der Waals surface area contributed by atoms with Crippen molar-refractivity contribution in [2.75, 3.05) is 13.6 Å². The van der Waals surface area contributed by atoms with Crippen LogP contribution in [0.5, 0.6) is 0 Å². The van der Waals surface area contributed by atoms with E-state index in [1.807, 2.05) is 0 Å². The molecule has 0 bridgehead atoms. The Balaban J connectivity index is 1.71. The molecule has 0 spiro atoms. The molecule has 2 rings (SSSR count). The molecule has 2 nitrogen and oxygen atoms in total. The summed E-state index contributed by atoms with van der Waals surface area (Å²) in [7, 11) is 2.30. The predicted octanol–water partition coefficient (Wildman–Crippen LogP) is 2.91. The van der Waals surface area contributed by atoms with Crippen LogP contribution < -0.4 is 5.73 Å². The van der Waals surface area contributed by atoms with Gasteiger partial charge in [0, 0.05) is 11.6 Å². The normalized spacial score (nSPS) is 26.4. The van der Waals surface area contributed by atoms with Crippen LogP contribution in [0.15, 0.2) is 0 Å². The molecule has 16 heavy (non-hydrogen) atoms. The number of rotatable bonds is 4. The van der Waals surface area contributed by atoms with Gasteiger partial charge in [-0.05, 0) is 52.1 Å². The van der Waals surface area contributed by atoms with E-state index in [1.165, 1.54) is 70.8 Å². The van der Waals surface area contributed by atoms with Crippen molar-refractivity contribution in [2.24, 2.45) is 5.73 Å². The molecule has 2 fully saturated rings. The molecule has 2 heteroatoms. The maximum Gasteiger partial charge on any atom is 0.0166 e. The van der Waals surface area contributed by atoms with Crippen LogP contribution in [0.4, 0.5) is 0 Å². The third-order valence-electron chi connectivity index (χ3n) is 4.76. The highest BCUT2D eigenvalue weighted by Gasteiger charge is 2.32. The van der Waals surface area contributed by atoms with E-state index in [1.54, 1.807) is 0 Å². The molecular weight excluding hydrogens is 196 g/mol. The Kier molecular flexibility index (Phi) is 4.26. The first-order valence-electron chi connectivity index (χ1n) is 7.19. The fourth-order valence-corrected chi connectivity index (χ4v) is 3.16. The smallest absolute Gasteiger partial charge is 0.0166 e. The Morgan fingerprint density at radius 3 is 2.19 bits per heavy atom. The molecule has 0 unspecified atom stereocenters. The van der Waals surface area contributed by atoms with E-state index in [2.05, 4.69) is 11.9 Å². The van der Waals surface area contributed by atoms with Crippen molar-refractivity contribution in [3.63, 3.8) is 0 Å². The molecule has 0 heterocycles. The minimum Gasteiger partial charge on any atom is -0.325 e. The fraction of sp³-hybridized carbons (Fsp3) is 1.00. The Bertz CT molecular complexity index is 203. The van der Waals surface area contributed by atoms with Gasteiger partial charge in [0.25, 0.3) is 0 Å². The first kappa shape index (κ1) is 12.4. The Morgan fingerprint density at radius 1 is 1.06 bits per heavy atom. The van der Waals surface area contributed by atoms with Crippen molar-refractivity contribution < 1.29 is 0 Å². The second-order valence-corrected chi connectivity index (χ2v) is 6.09. The van der Waals surface area contributed by atoms with E-state index in [0.717, 1.165) is 6.04 Å². The van der Waals surface area contributed by atoms with Crippen molar-refractivity contribution in [2.45, 2.75) is 75.8 Å². The molecule has 2 aliphatic rings. The highest BCUT2D eigenvalue weighted by atomic mass is 15.1. The minimum absolute atomic E-state index is 0.207. The molecule has 0 atom stereocenters. The highest BCUT2D eigenvalue weighted by Crippen LogP contribution is 2.32. The lowest BCUT2D eigenvalue weighted by molar-refractivity contribution is 0.162. The van der Waals surface area contributed by atoms with Gasteiger partial charge in [0.15, 0.2) is 0 Å². The number of hydrogen-bond acceptors (Lipinski definition) is 2. The van der Waals surface area contributed by atoms with Gasteiger partial charge in [0.1, 0.15) is 0 Å². The largest absolute Gasteiger partial charge is 0.325 e. The molecule has 2 aliphatic carbocycles. The van der Waals surface area contributed by atoms with Crippen molar-refractivity contribution in [1.82, 2.24) is 4.90 Å². The van der Waals surface area contributed by atoms with E-state index in [-0.39, 0.29) is 5.54 Å². The van der Waals surface area contributed by atoms with Crippen LogP contribution in [0, 0.1) is 0 Å². The van der Waals surface area contributed by atoms with Crippen molar-refractivity contribution in [3.05, 3.63) is 0 Å². The molecule has 2 N–H and O–H groups in total. The summed E-state index contributed by atoms with van der Waals surface area (Å²) in [5.41, 5.74) is 6.49. The minimum atomic E-state index is 0.207. The molecular formula is C14H28N2. The number of nitrogens with two attached hydrogens (primary N) is 1. The van der Waals surface area contributed by atoms with Crippen molar-refractivity contribution in [3.8, 4) is 0 Å². The zero-order valence-corrected chi connectivity index (χ0v) is 10.9. The van der Waals surface area contributed by atoms with Crippen LogP contribution in [0.3, 0.4) is 0 Å². The van der Waals surface area contributed by atoms with E-state index < -0.39 is 0 Å². The summed E-state index contributed by atoms with van der Waals surface area (Å²) >= 11 is 0. The van der Waals surface area contributed by atoms with Crippen LogP contribution in [-0.2, 0) is 0 Å². The molecule has 0 aromatic rings. The van der Waals surface area contributed by atoms with E-state index in [9.17, 15) is 0 Å². The number of hydrogen-bond donors (Lipinski definition) is 1. The van der Waals surface area contributed by atoms with Crippen LogP contribution in [0.25, 0.3) is 0 Å². The van der Waals surface area contributed by atoms with Gasteiger partial charge < -0.3 is 10.6 Å². The average Bonchev–Trinajstić information content (AvgIpc) is 2.51. The predicted molar refractivity (Wildman–Crippen MR) is 69.5 cm³/mol. The molecule has 0 aromatic heterocycles. The lowest BCUT2D eigenvalue weighted by Crippen LogP contribution is -2.49. The molecule has 0 saturated heterocycles. The lowest BCUT2D eigenvalue weighted by Gasteiger charge is -2.40. The Labute approximate surface area is 101 Å². The number of nitrogens with zero attached hydrogens (tertiary/aromatic N) is 1. The van der Waals surface area contributed by atoms with E-state index >= 15 is 0 Å². The third kappa shape index (κ3) is 3.21. The second kappa shape index (κ2) is 5.50. The fourth-order valence-electron chi connectivity index (χ4n) is 3.16. The summed E-state index contributed by atoms with van der Waals surface area (Å²) in [6.45, 7) is 1.21. The van der Waals surface area contributed by atoms with E-state index in [0.29, 0.717) is 0 Å². The summed E-state index contributed by atoms with van der Waals surface area (Å²) < 4.78 is 0. The molecule has 94 valence electrons. The van der Waals surface area contributed by atoms with Gasteiger partial charge in [-0.2, -0.15) is 0 Å². The van der Waals surface area contributed by atoms with Crippen molar-refractivity contribution >= 4 is 0 Å². The van der Waals surface area contributed by atoms with Crippen LogP contribution in [0.1, 0.15) is 64.2 Å². The molecule has 0 radical (unpaired) electrons. The first-order chi connectivity index (χ1) is 7.70. The van der Waals surface area contributed by atoms with E-state index in [4.69, 9.17) is 5.73 Å². The van der Waals surface area contributed by atoms with Crippen LogP contribution in [-0.4, -0.2) is 30.1 Å². The maximum atomic E-state index is 6.28. The van der Waals surface area contributed by atoms with Gasteiger partial charge >= 0.3 is 0 Å². The topological polar surface area (TPSA) is 29.3 Å². The van der Waals surface area contributed by atoms with Gasteiger partial charge in [-0.1, -0.05) is 25.7 Å². The third-order valence-corrected chi connectivity index (χ3v) is 4.76.